The Morgan fingerprint density at radius 2 is 1.73 bits per heavy atom. The molecule has 160 valence electrons. The first-order valence-electron chi connectivity index (χ1n) is 9.89. The average Bonchev–Trinajstić information content (AvgIpc) is 2.71. The molecule has 0 amide bonds. The second kappa shape index (κ2) is 11.1. The highest BCUT2D eigenvalue weighted by Gasteiger charge is 2.21. The highest BCUT2D eigenvalue weighted by Crippen LogP contribution is 2.28. The summed E-state index contributed by atoms with van der Waals surface area (Å²) in [6.07, 6.45) is 5.46. The van der Waals surface area contributed by atoms with Crippen molar-refractivity contribution in [1.82, 2.24) is 9.88 Å². The lowest BCUT2D eigenvalue weighted by Gasteiger charge is -2.27. The average molecular weight is 412 g/mol. The number of benzene rings is 1. The van der Waals surface area contributed by atoms with Gasteiger partial charge in [-0.3, -0.25) is 4.79 Å². The topological polar surface area (TPSA) is 109 Å². The largest absolute Gasteiger partial charge is 0.478 e. The summed E-state index contributed by atoms with van der Waals surface area (Å²) in [7, 11) is 1.88. The number of pyridine rings is 1. The molecule has 1 aliphatic rings. The number of carbonyl (C=O) groups is 2. The van der Waals surface area contributed by atoms with E-state index in [1.54, 1.807) is 6.07 Å². The van der Waals surface area contributed by atoms with Crippen molar-refractivity contribution in [1.29, 1.82) is 0 Å². The van der Waals surface area contributed by atoms with Crippen molar-refractivity contribution in [3.63, 3.8) is 0 Å². The van der Waals surface area contributed by atoms with Crippen molar-refractivity contribution in [3.05, 3.63) is 81.3 Å². The number of fused-ring (bicyclic) bond motifs is 1. The van der Waals surface area contributed by atoms with E-state index in [2.05, 4.69) is 36.5 Å². The molecular weight excluding hydrogens is 384 g/mol. The minimum Gasteiger partial charge on any atom is -0.478 e. The summed E-state index contributed by atoms with van der Waals surface area (Å²) in [4.78, 5) is 30.9. The van der Waals surface area contributed by atoms with Crippen LogP contribution in [0, 0.1) is 6.92 Å². The number of carboxylic acid groups (broad SMARTS) is 2. The van der Waals surface area contributed by atoms with Gasteiger partial charge < -0.3 is 20.1 Å². The van der Waals surface area contributed by atoms with E-state index in [1.807, 2.05) is 17.7 Å². The number of carboxylic acids is 2. The Labute approximate surface area is 175 Å². The van der Waals surface area contributed by atoms with Crippen molar-refractivity contribution in [2.24, 2.45) is 7.05 Å². The number of hydrogen-bond acceptors (Lipinski definition) is 4. The number of nitrogens with zero attached hydrogens (tertiary/aromatic N) is 1. The van der Waals surface area contributed by atoms with Gasteiger partial charge in [-0.25, -0.2) is 9.59 Å². The zero-order valence-electron chi connectivity index (χ0n) is 17.3. The third-order valence-electron chi connectivity index (χ3n) is 5.05. The highest BCUT2D eigenvalue weighted by molar-refractivity contribution is 5.89. The molecule has 1 aliphatic carbocycles. The second-order valence-corrected chi connectivity index (χ2v) is 7.28. The Kier molecular flexibility index (Phi) is 8.55. The predicted octanol–water partition coefficient (Wildman–Crippen LogP) is 2.62. The number of hydrogen-bond donors (Lipinski definition) is 3. The standard InChI is InChI=1S/C19H24N2O.C4H4O4/c1-14-6-8-15(9-7-14)12-13-20-17-4-3-5-18-16(17)10-11-19(22)21(18)2;5-3(6)1-2-4(7)8/h6-11,17,20H,3-5,12-13H2,1-2H3;1-2H,(H,5,6)(H,7,8)/b;2-1+. The maximum absolute atomic E-state index is 11.8. The van der Waals surface area contributed by atoms with Crippen LogP contribution in [0.25, 0.3) is 0 Å². The van der Waals surface area contributed by atoms with Crippen LogP contribution in [-0.4, -0.2) is 33.3 Å². The smallest absolute Gasteiger partial charge is 0.328 e. The maximum Gasteiger partial charge on any atom is 0.328 e. The van der Waals surface area contributed by atoms with Gasteiger partial charge in [0.25, 0.3) is 0 Å². The maximum atomic E-state index is 11.8. The zero-order chi connectivity index (χ0) is 22.1. The van der Waals surface area contributed by atoms with Crippen LogP contribution in [0.4, 0.5) is 0 Å². The molecule has 1 aromatic carbocycles. The third-order valence-corrected chi connectivity index (χ3v) is 5.05. The van der Waals surface area contributed by atoms with Gasteiger partial charge in [-0.15, -0.1) is 0 Å². The predicted molar refractivity (Wildman–Crippen MR) is 115 cm³/mol. The molecule has 1 atom stereocenters. The minimum atomic E-state index is -1.26. The van der Waals surface area contributed by atoms with E-state index < -0.39 is 11.9 Å². The molecule has 7 nitrogen and oxygen atoms in total. The lowest BCUT2D eigenvalue weighted by atomic mass is 9.91. The normalized spacial score (nSPS) is 15.2. The molecule has 0 aliphatic heterocycles. The molecule has 1 heterocycles. The summed E-state index contributed by atoms with van der Waals surface area (Å²) in [5, 5.41) is 19.3. The van der Waals surface area contributed by atoms with Gasteiger partial charge in [0.15, 0.2) is 0 Å². The molecule has 3 N–H and O–H groups in total. The van der Waals surface area contributed by atoms with Crippen LogP contribution in [0.1, 0.15) is 41.3 Å². The first-order chi connectivity index (χ1) is 14.3. The third kappa shape index (κ3) is 7.00. The summed E-state index contributed by atoms with van der Waals surface area (Å²) in [6, 6.07) is 12.8. The molecule has 0 saturated carbocycles. The molecule has 0 radical (unpaired) electrons. The number of rotatable bonds is 6. The lowest BCUT2D eigenvalue weighted by molar-refractivity contribution is -0.134. The number of aromatic nitrogens is 1. The van der Waals surface area contributed by atoms with Gasteiger partial charge in [-0.1, -0.05) is 35.9 Å². The quantitative estimate of drug-likeness (QED) is 0.630. The second-order valence-electron chi connectivity index (χ2n) is 7.28. The monoisotopic (exact) mass is 412 g/mol. The van der Waals surface area contributed by atoms with Crippen LogP contribution in [0.5, 0.6) is 0 Å². The molecule has 1 unspecified atom stereocenters. The van der Waals surface area contributed by atoms with E-state index in [1.165, 1.54) is 22.4 Å². The van der Waals surface area contributed by atoms with Crippen molar-refractivity contribution in [2.45, 2.75) is 38.6 Å². The van der Waals surface area contributed by atoms with Gasteiger partial charge >= 0.3 is 11.9 Å². The van der Waals surface area contributed by atoms with Gasteiger partial charge in [-0.2, -0.15) is 0 Å². The molecule has 0 spiro atoms. The summed E-state index contributed by atoms with van der Waals surface area (Å²) in [6.45, 7) is 3.08. The number of nitrogens with one attached hydrogen (secondary N) is 1. The van der Waals surface area contributed by atoms with Crippen molar-refractivity contribution < 1.29 is 19.8 Å². The Bertz CT molecular complexity index is 945. The van der Waals surface area contributed by atoms with Gasteiger partial charge in [-0.05, 0) is 50.3 Å². The summed E-state index contributed by atoms with van der Waals surface area (Å²) in [5.74, 6) is -2.51. The first-order valence-corrected chi connectivity index (χ1v) is 9.89. The summed E-state index contributed by atoms with van der Waals surface area (Å²) < 4.78 is 1.81. The van der Waals surface area contributed by atoms with Crippen LogP contribution in [0.3, 0.4) is 0 Å². The fraction of sp³-hybridized carbons (Fsp3) is 0.348. The fourth-order valence-electron chi connectivity index (χ4n) is 3.45. The Morgan fingerprint density at radius 1 is 1.10 bits per heavy atom. The van der Waals surface area contributed by atoms with Gasteiger partial charge in [0.1, 0.15) is 0 Å². The van der Waals surface area contributed by atoms with E-state index in [0.29, 0.717) is 18.2 Å². The van der Waals surface area contributed by atoms with Crippen LogP contribution >= 0.6 is 0 Å². The SMILES string of the molecule is Cc1ccc(CCNC2CCCc3c2ccc(=O)n3C)cc1.O=C(O)/C=C/C(=O)O. The molecule has 0 fully saturated rings. The van der Waals surface area contributed by atoms with Crippen LogP contribution in [0.15, 0.2) is 53.3 Å². The van der Waals surface area contributed by atoms with E-state index in [0.717, 1.165) is 32.2 Å². The fourth-order valence-corrected chi connectivity index (χ4v) is 3.45. The van der Waals surface area contributed by atoms with E-state index in [4.69, 9.17) is 10.2 Å². The Morgan fingerprint density at radius 3 is 2.33 bits per heavy atom. The van der Waals surface area contributed by atoms with Crippen LogP contribution < -0.4 is 10.9 Å². The van der Waals surface area contributed by atoms with Crippen molar-refractivity contribution >= 4 is 11.9 Å². The zero-order valence-corrected chi connectivity index (χ0v) is 17.3. The van der Waals surface area contributed by atoms with Crippen LogP contribution in [-0.2, 0) is 29.5 Å². The molecule has 0 saturated heterocycles. The summed E-state index contributed by atoms with van der Waals surface area (Å²) >= 11 is 0. The molecule has 1 aromatic heterocycles. The van der Waals surface area contributed by atoms with Crippen LogP contribution in [0.2, 0.25) is 0 Å². The first kappa shape index (κ1) is 23.1. The molecule has 3 rings (SSSR count). The molecular formula is C23H28N2O5. The van der Waals surface area contributed by atoms with Gasteiger partial charge in [0, 0.05) is 37.0 Å². The molecule has 2 aromatic rings. The van der Waals surface area contributed by atoms with E-state index >= 15 is 0 Å². The van der Waals surface area contributed by atoms with E-state index in [9.17, 15) is 14.4 Å². The Balaban J connectivity index is 0.000000343. The lowest BCUT2D eigenvalue weighted by Crippen LogP contribution is -2.31. The van der Waals surface area contributed by atoms with Crippen molar-refractivity contribution in [2.75, 3.05) is 6.54 Å². The van der Waals surface area contributed by atoms with Crippen molar-refractivity contribution in [3.8, 4) is 0 Å². The number of aryl methyl sites for hydroxylation is 1. The molecule has 30 heavy (non-hydrogen) atoms. The summed E-state index contributed by atoms with van der Waals surface area (Å²) in [5.41, 5.74) is 5.27. The molecule has 0 bridgehead atoms. The van der Waals surface area contributed by atoms with Gasteiger partial charge in [0.05, 0.1) is 0 Å². The van der Waals surface area contributed by atoms with Gasteiger partial charge in [0.2, 0.25) is 5.56 Å². The van der Waals surface area contributed by atoms with E-state index in [-0.39, 0.29) is 5.56 Å². The number of aliphatic carboxylic acids is 2. The Hall–Kier alpha value is -3.19. The molecule has 7 heteroatoms. The highest BCUT2D eigenvalue weighted by atomic mass is 16.4. The minimum absolute atomic E-state index is 0.0963.